The standard InChI is InChI=1S/C13H9F3N4O3/c14-13(15,16)23-6-1-2-8-7(3-6)10-11(17)18-5-19-12(10)20(8)4-9(21)22/h1-3,5H,4H2,(H,21,22)(H2,17,18,19). The van der Waals surface area contributed by atoms with Gasteiger partial charge in [-0.25, -0.2) is 9.97 Å². The lowest BCUT2D eigenvalue weighted by Crippen LogP contribution is -2.17. The van der Waals surface area contributed by atoms with E-state index in [0.29, 0.717) is 5.52 Å². The van der Waals surface area contributed by atoms with Crippen LogP contribution in [0.2, 0.25) is 0 Å². The van der Waals surface area contributed by atoms with E-state index < -0.39 is 24.6 Å². The van der Waals surface area contributed by atoms with Crippen molar-refractivity contribution in [1.82, 2.24) is 14.5 Å². The topological polar surface area (TPSA) is 103 Å². The molecule has 3 N–H and O–H groups in total. The van der Waals surface area contributed by atoms with E-state index in [-0.39, 0.29) is 22.2 Å². The summed E-state index contributed by atoms with van der Waals surface area (Å²) in [4.78, 5) is 18.8. The summed E-state index contributed by atoms with van der Waals surface area (Å²) in [6.45, 7) is -0.421. The summed E-state index contributed by atoms with van der Waals surface area (Å²) < 4.78 is 42.3. The number of nitrogens with two attached hydrogens (primary N) is 1. The van der Waals surface area contributed by atoms with Crippen LogP contribution < -0.4 is 10.5 Å². The van der Waals surface area contributed by atoms with E-state index in [1.54, 1.807) is 0 Å². The van der Waals surface area contributed by atoms with Crippen molar-refractivity contribution in [1.29, 1.82) is 0 Å². The predicted molar refractivity (Wildman–Crippen MR) is 73.8 cm³/mol. The molecule has 7 nitrogen and oxygen atoms in total. The van der Waals surface area contributed by atoms with Crippen LogP contribution in [0.5, 0.6) is 5.75 Å². The van der Waals surface area contributed by atoms with Crippen molar-refractivity contribution >= 4 is 33.7 Å². The Bertz CT molecular complexity index is 920. The normalized spacial score (nSPS) is 12.0. The first-order valence-corrected chi connectivity index (χ1v) is 6.26. The number of hydrogen-bond acceptors (Lipinski definition) is 5. The Labute approximate surface area is 126 Å². The van der Waals surface area contributed by atoms with Gasteiger partial charge in [-0.1, -0.05) is 0 Å². The summed E-state index contributed by atoms with van der Waals surface area (Å²) in [5.74, 6) is -1.53. The second kappa shape index (κ2) is 5.00. The molecule has 0 aliphatic carbocycles. The highest BCUT2D eigenvalue weighted by Gasteiger charge is 2.31. The number of carboxylic acid groups (broad SMARTS) is 1. The SMILES string of the molecule is Nc1ncnc2c1c1cc(OC(F)(F)F)ccc1n2CC(=O)O. The molecule has 0 spiro atoms. The third kappa shape index (κ3) is 2.70. The van der Waals surface area contributed by atoms with Crippen LogP contribution in [-0.4, -0.2) is 32.0 Å². The van der Waals surface area contributed by atoms with E-state index in [2.05, 4.69) is 14.7 Å². The molecule has 120 valence electrons. The van der Waals surface area contributed by atoms with Crippen LogP contribution in [0.4, 0.5) is 19.0 Å². The number of carbonyl (C=O) groups is 1. The number of ether oxygens (including phenoxy) is 1. The third-order valence-electron chi connectivity index (χ3n) is 3.17. The number of hydrogen-bond donors (Lipinski definition) is 2. The van der Waals surface area contributed by atoms with Crippen LogP contribution >= 0.6 is 0 Å². The van der Waals surface area contributed by atoms with Gasteiger partial charge < -0.3 is 20.1 Å². The Morgan fingerprint density at radius 2 is 2.09 bits per heavy atom. The van der Waals surface area contributed by atoms with Crippen molar-refractivity contribution in [3.63, 3.8) is 0 Å². The Morgan fingerprint density at radius 3 is 2.74 bits per heavy atom. The molecule has 0 aliphatic heterocycles. The van der Waals surface area contributed by atoms with E-state index in [1.807, 2.05) is 0 Å². The molecule has 3 aromatic rings. The molecule has 0 unspecified atom stereocenters. The van der Waals surface area contributed by atoms with Gasteiger partial charge in [-0.2, -0.15) is 0 Å². The van der Waals surface area contributed by atoms with Crippen LogP contribution in [0, 0.1) is 0 Å². The van der Waals surface area contributed by atoms with Crippen LogP contribution in [0.3, 0.4) is 0 Å². The number of aliphatic carboxylic acids is 1. The molecular weight excluding hydrogens is 317 g/mol. The first kappa shape index (κ1) is 14.9. The van der Waals surface area contributed by atoms with Crippen LogP contribution in [-0.2, 0) is 11.3 Å². The lowest BCUT2D eigenvalue weighted by atomic mass is 10.2. The maximum absolute atomic E-state index is 12.4. The molecule has 23 heavy (non-hydrogen) atoms. The molecule has 10 heteroatoms. The molecular formula is C13H9F3N4O3. The minimum absolute atomic E-state index is 0.0355. The summed E-state index contributed by atoms with van der Waals surface area (Å²) in [5, 5.41) is 9.57. The lowest BCUT2D eigenvalue weighted by molar-refractivity contribution is -0.274. The van der Waals surface area contributed by atoms with Gasteiger partial charge in [-0.3, -0.25) is 4.79 Å². The minimum Gasteiger partial charge on any atom is -0.480 e. The zero-order valence-corrected chi connectivity index (χ0v) is 11.3. The van der Waals surface area contributed by atoms with Crippen LogP contribution in [0.25, 0.3) is 21.9 Å². The number of nitrogen functional groups attached to an aromatic ring is 1. The van der Waals surface area contributed by atoms with E-state index in [0.717, 1.165) is 18.5 Å². The highest BCUT2D eigenvalue weighted by atomic mass is 19.4. The molecule has 2 heterocycles. The van der Waals surface area contributed by atoms with Gasteiger partial charge in [0.1, 0.15) is 30.1 Å². The van der Waals surface area contributed by atoms with E-state index >= 15 is 0 Å². The molecule has 0 atom stereocenters. The van der Waals surface area contributed by atoms with Crippen molar-refractivity contribution in [2.75, 3.05) is 5.73 Å². The summed E-state index contributed by atoms with van der Waals surface area (Å²) >= 11 is 0. The average Bonchev–Trinajstić information content (AvgIpc) is 2.72. The average molecular weight is 326 g/mol. The maximum atomic E-state index is 12.4. The molecule has 0 bridgehead atoms. The number of halogens is 3. The van der Waals surface area contributed by atoms with Gasteiger partial charge in [0.05, 0.1) is 10.9 Å². The largest absolute Gasteiger partial charge is 0.573 e. The van der Waals surface area contributed by atoms with Gasteiger partial charge in [0.15, 0.2) is 0 Å². The lowest BCUT2D eigenvalue weighted by Gasteiger charge is -2.09. The molecule has 0 fully saturated rings. The van der Waals surface area contributed by atoms with Crippen molar-refractivity contribution in [3.8, 4) is 5.75 Å². The fourth-order valence-electron chi connectivity index (χ4n) is 2.41. The number of aromatic nitrogens is 3. The molecule has 2 aromatic heterocycles. The fourth-order valence-corrected chi connectivity index (χ4v) is 2.41. The molecule has 0 radical (unpaired) electrons. The molecule has 0 amide bonds. The highest BCUT2D eigenvalue weighted by Crippen LogP contribution is 2.34. The molecule has 0 saturated carbocycles. The minimum atomic E-state index is -4.84. The summed E-state index contributed by atoms with van der Waals surface area (Å²) in [6, 6.07) is 3.54. The quantitative estimate of drug-likeness (QED) is 0.764. The van der Waals surface area contributed by atoms with Gasteiger partial charge in [-0.05, 0) is 18.2 Å². The zero-order valence-electron chi connectivity index (χ0n) is 11.3. The van der Waals surface area contributed by atoms with Crippen molar-refractivity contribution in [2.45, 2.75) is 12.9 Å². The smallest absolute Gasteiger partial charge is 0.480 e. The number of carboxylic acids is 1. The van der Waals surface area contributed by atoms with Gasteiger partial charge in [-0.15, -0.1) is 13.2 Å². The Hall–Kier alpha value is -3.04. The summed E-state index contributed by atoms with van der Waals surface area (Å²) in [7, 11) is 0. The molecule has 3 rings (SSSR count). The highest BCUT2D eigenvalue weighted by molar-refractivity contribution is 6.12. The van der Waals surface area contributed by atoms with Crippen molar-refractivity contribution < 1.29 is 27.8 Å². The number of fused-ring (bicyclic) bond motifs is 3. The molecule has 0 aliphatic rings. The van der Waals surface area contributed by atoms with Crippen molar-refractivity contribution in [3.05, 3.63) is 24.5 Å². The second-order valence-electron chi connectivity index (χ2n) is 4.66. The predicted octanol–water partition coefficient (Wildman–Crippen LogP) is 2.15. The monoisotopic (exact) mass is 326 g/mol. The van der Waals surface area contributed by atoms with Crippen LogP contribution in [0.1, 0.15) is 0 Å². The number of rotatable bonds is 3. The zero-order chi connectivity index (χ0) is 16.8. The maximum Gasteiger partial charge on any atom is 0.573 e. The number of alkyl halides is 3. The van der Waals surface area contributed by atoms with E-state index in [9.17, 15) is 18.0 Å². The third-order valence-corrected chi connectivity index (χ3v) is 3.17. The summed E-state index contributed by atoms with van der Waals surface area (Å²) in [6.07, 6.45) is -3.68. The van der Waals surface area contributed by atoms with Gasteiger partial charge in [0, 0.05) is 5.39 Å². The number of anilines is 1. The Morgan fingerprint density at radius 1 is 1.35 bits per heavy atom. The number of benzene rings is 1. The van der Waals surface area contributed by atoms with Gasteiger partial charge >= 0.3 is 12.3 Å². The first-order chi connectivity index (χ1) is 10.8. The first-order valence-electron chi connectivity index (χ1n) is 6.26. The van der Waals surface area contributed by atoms with E-state index in [4.69, 9.17) is 10.8 Å². The number of nitrogens with zero attached hydrogens (tertiary/aromatic N) is 3. The fraction of sp³-hybridized carbons (Fsp3) is 0.154. The van der Waals surface area contributed by atoms with Gasteiger partial charge in [0.2, 0.25) is 0 Å². The molecule has 1 aromatic carbocycles. The van der Waals surface area contributed by atoms with E-state index in [1.165, 1.54) is 10.6 Å². The Balaban J connectivity index is 2.30. The van der Waals surface area contributed by atoms with Gasteiger partial charge in [0.25, 0.3) is 0 Å². The van der Waals surface area contributed by atoms with Crippen molar-refractivity contribution in [2.24, 2.45) is 0 Å². The summed E-state index contributed by atoms with van der Waals surface area (Å²) in [5.41, 5.74) is 6.36. The second-order valence-corrected chi connectivity index (χ2v) is 4.66. The Kier molecular flexibility index (Phi) is 3.24. The molecule has 0 saturated heterocycles. The van der Waals surface area contributed by atoms with Crippen LogP contribution in [0.15, 0.2) is 24.5 Å².